The third-order valence-corrected chi connectivity index (χ3v) is 3.42. The molecule has 0 aliphatic rings. The number of benzene rings is 1. The number of hydrogen-bond donors (Lipinski definition) is 1. The van der Waals surface area contributed by atoms with E-state index in [0.29, 0.717) is 0 Å². The Labute approximate surface area is 122 Å². The number of aromatic nitrogens is 4. The van der Waals surface area contributed by atoms with Crippen LogP contribution in [-0.2, 0) is 0 Å². The lowest BCUT2D eigenvalue weighted by molar-refractivity contribution is 0.500. The predicted octanol–water partition coefficient (Wildman–Crippen LogP) is 3.05. The lowest BCUT2D eigenvalue weighted by atomic mass is 10.1. The molecule has 0 fully saturated rings. The second kappa shape index (κ2) is 5.40. The highest BCUT2D eigenvalue weighted by molar-refractivity contribution is 5.61. The summed E-state index contributed by atoms with van der Waals surface area (Å²) in [5, 5.41) is 14.8. The van der Waals surface area contributed by atoms with Crippen LogP contribution in [0.25, 0.3) is 5.69 Å². The van der Waals surface area contributed by atoms with Crippen LogP contribution in [0.4, 0.5) is 5.69 Å². The number of nitrogens with zero attached hydrogens (tertiary/aromatic N) is 4. The molecule has 6 nitrogen and oxygen atoms in total. The van der Waals surface area contributed by atoms with Crippen molar-refractivity contribution in [3.63, 3.8) is 0 Å². The van der Waals surface area contributed by atoms with E-state index in [-0.39, 0.29) is 6.04 Å². The van der Waals surface area contributed by atoms with Gasteiger partial charge in [0.25, 0.3) is 0 Å². The van der Waals surface area contributed by atoms with Crippen molar-refractivity contribution in [2.75, 3.05) is 5.32 Å². The Hall–Kier alpha value is -2.63. The average molecular weight is 283 g/mol. The van der Waals surface area contributed by atoms with E-state index in [2.05, 4.69) is 33.8 Å². The van der Waals surface area contributed by atoms with Crippen LogP contribution in [0.15, 0.2) is 41.1 Å². The first kappa shape index (κ1) is 13.4. The first-order valence-electron chi connectivity index (χ1n) is 6.81. The van der Waals surface area contributed by atoms with Gasteiger partial charge in [0.15, 0.2) is 0 Å². The van der Waals surface area contributed by atoms with E-state index < -0.39 is 0 Å². The molecule has 3 rings (SSSR count). The molecule has 0 saturated carbocycles. The molecular weight excluding hydrogens is 266 g/mol. The van der Waals surface area contributed by atoms with E-state index in [1.807, 2.05) is 38.1 Å². The van der Waals surface area contributed by atoms with E-state index in [4.69, 9.17) is 4.42 Å². The minimum Gasteiger partial charge on any atom is -0.466 e. The smallest absolute Gasteiger partial charge is 0.143 e. The van der Waals surface area contributed by atoms with Crippen LogP contribution in [0.3, 0.4) is 0 Å². The second-order valence-electron chi connectivity index (χ2n) is 5.01. The van der Waals surface area contributed by atoms with Gasteiger partial charge in [-0.1, -0.05) is 12.1 Å². The van der Waals surface area contributed by atoms with Gasteiger partial charge in [-0.25, -0.2) is 0 Å². The van der Waals surface area contributed by atoms with Gasteiger partial charge < -0.3 is 9.73 Å². The van der Waals surface area contributed by atoms with Crippen molar-refractivity contribution in [3.8, 4) is 5.69 Å². The highest BCUT2D eigenvalue weighted by Crippen LogP contribution is 2.27. The van der Waals surface area contributed by atoms with Gasteiger partial charge in [0.2, 0.25) is 0 Å². The van der Waals surface area contributed by atoms with Crippen molar-refractivity contribution in [1.29, 1.82) is 0 Å². The molecule has 0 aliphatic heterocycles. The number of furan rings is 1. The highest BCUT2D eigenvalue weighted by Gasteiger charge is 2.14. The van der Waals surface area contributed by atoms with Gasteiger partial charge >= 0.3 is 0 Å². The number of hydrogen-bond acceptors (Lipinski definition) is 5. The maximum absolute atomic E-state index is 5.60. The van der Waals surface area contributed by atoms with Crippen molar-refractivity contribution in [2.45, 2.75) is 26.8 Å². The Morgan fingerprint density at radius 3 is 2.71 bits per heavy atom. The molecule has 0 bridgehead atoms. The molecule has 0 radical (unpaired) electrons. The Bertz CT molecular complexity index is 732. The van der Waals surface area contributed by atoms with Gasteiger partial charge in [0, 0.05) is 5.56 Å². The van der Waals surface area contributed by atoms with Gasteiger partial charge in [0.05, 0.1) is 17.4 Å². The molecule has 2 aromatic heterocycles. The standard InChI is InChI=1S/C15H17N5O/c1-10-8-13(12(3)21-10)11(2)17-14-6-4-5-7-15(14)20-9-16-18-19-20/h4-9,11,17H,1-3H3. The molecule has 21 heavy (non-hydrogen) atoms. The van der Waals surface area contributed by atoms with E-state index in [0.717, 1.165) is 28.5 Å². The van der Waals surface area contributed by atoms with Crippen molar-refractivity contribution >= 4 is 5.69 Å². The molecule has 108 valence electrons. The number of rotatable bonds is 4. The molecule has 1 aromatic carbocycles. The monoisotopic (exact) mass is 283 g/mol. The first-order chi connectivity index (χ1) is 10.1. The molecule has 1 unspecified atom stereocenters. The fourth-order valence-corrected chi connectivity index (χ4v) is 2.46. The van der Waals surface area contributed by atoms with Crippen LogP contribution in [0.2, 0.25) is 0 Å². The SMILES string of the molecule is Cc1cc(C(C)Nc2ccccc2-n2cnnn2)c(C)o1. The average Bonchev–Trinajstić information content (AvgIpc) is 3.09. The lowest BCUT2D eigenvalue weighted by Crippen LogP contribution is -2.10. The highest BCUT2D eigenvalue weighted by atomic mass is 16.3. The summed E-state index contributed by atoms with van der Waals surface area (Å²) in [5.74, 6) is 1.86. The summed E-state index contributed by atoms with van der Waals surface area (Å²) in [7, 11) is 0. The molecule has 0 spiro atoms. The van der Waals surface area contributed by atoms with Crippen molar-refractivity contribution < 1.29 is 4.42 Å². The first-order valence-corrected chi connectivity index (χ1v) is 6.81. The number of nitrogens with one attached hydrogen (secondary N) is 1. The zero-order chi connectivity index (χ0) is 14.8. The number of aryl methyl sites for hydroxylation is 2. The Morgan fingerprint density at radius 2 is 2.05 bits per heavy atom. The molecule has 0 saturated heterocycles. The van der Waals surface area contributed by atoms with Gasteiger partial charge in [-0.3, -0.25) is 0 Å². The summed E-state index contributed by atoms with van der Waals surface area (Å²) in [6.45, 7) is 6.04. The van der Waals surface area contributed by atoms with Crippen LogP contribution in [0.5, 0.6) is 0 Å². The molecule has 2 heterocycles. The molecule has 1 atom stereocenters. The molecule has 6 heteroatoms. The summed E-state index contributed by atoms with van der Waals surface area (Å²) >= 11 is 0. The minimum atomic E-state index is 0.125. The minimum absolute atomic E-state index is 0.125. The molecule has 1 N–H and O–H groups in total. The largest absolute Gasteiger partial charge is 0.466 e. The van der Waals surface area contributed by atoms with Gasteiger partial charge in [0.1, 0.15) is 17.8 Å². The van der Waals surface area contributed by atoms with Crippen LogP contribution in [0.1, 0.15) is 30.0 Å². The van der Waals surface area contributed by atoms with Crippen molar-refractivity contribution in [2.24, 2.45) is 0 Å². The Balaban J connectivity index is 1.90. The molecular formula is C15H17N5O. The summed E-state index contributed by atoms with van der Waals surface area (Å²) < 4.78 is 7.24. The quantitative estimate of drug-likeness (QED) is 0.797. The van der Waals surface area contributed by atoms with E-state index in [9.17, 15) is 0 Å². The maximum Gasteiger partial charge on any atom is 0.143 e. The third kappa shape index (κ3) is 2.65. The van der Waals surface area contributed by atoms with Crippen molar-refractivity contribution in [3.05, 3.63) is 53.7 Å². The molecule has 0 aliphatic carbocycles. The zero-order valence-corrected chi connectivity index (χ0v) is 12.2. The number of anilines is 1. The Morgan fingerprint density at radius 1 is 1.24 bits per heavy atom. The Kier molecular flexibility index (Phi) is 3.43. The van der Waals surface area contributed by atoms with Crippen LogP contribution >= 0.6 is 0 Å². The lowest BCUT2D eigenvalue weighted by Gasteiger charge is -2.17. The summed E-state index contributed by atoms with van der Waals surface area (Å²) in [4.78, 5) is 0. The van der Waals surface area contributed by atoms with E-state index >= 15 is 0 Å². The zero-order valence-electron chi connectivity index (χ0n) is 12.2. The topological polar surface area (TPSA) is 68.8 Å². The van der Waals surface area contributed by atoms with Crippen LogP contribution in [0, 0.1) is 13.8 Å². The second-order valence-corrected chi connectivity index (χ2v) is 5.01. The van der Waals surface area contributed by atoms with E-state index in [1.165, 1.54) is 0 Å². The van der Waals surface area contributed by atoms with Crippen LogP contribution in [-0.4, -0.2) is 20.2 Å². The van der Waals surface area contributed by atoms with Crippen LogP contribution < -0.4 is 5.32 Å². The maximum atomic E-state index is 5.60. The van der Waals surface area contributed by atoms with E-state index in [1.54, 1.807) is 11.0 Å². The fourth-order valence-electron chi connectivity index (χ4n) is 2.46. The number of tetrazole rings is 1. The third-order valence-electron chi connectivity index (χ3n) is 3.42. The fraction of sp³-hybridized carbons (Fsp3) is 0.267. The van der Waals surface area contributed by atoms with Gasteiger partial charge in [-0.05, 0) is 49.4 Å². The summed E-state index contributed by atoms with van der Waals surface area (Å²) in [5.41, 5.74) is 3.03. The van der Waals surface area contributed by atoms with Gasteiger partial charge in [-0.2, -0.15) is 4.68 Å². The van der Waals surface area contributed by atoms with Crippen molar-refractivity contribution in [1.82, 2.24) is 20.2 Å². The van der Waals surface area contributed by atoms with Gasteiger partial charge in [-0.15, -0.1) is 5.10 Å². The summed E-state index contributed by atoms with van der Waals surface area (Å²) in [6, 6.07) is 10.1. The predicted molar refractivity (Wildman–Crippen MR) is 79.4 cm³/mol. The molecule has 0 amide bonds. The molecule has 3 aromatic rings. The normalized spacial score (nSPS) is 12.3. The number of para-hydroxylation sites is 2. The summed E-state index contributed by atoms with van der Waals surface area (Å²) in [6.07, 6.45) is 1.58.